The molecule has 1 aromatic carbocycles. The van der Waals surface area contributed by atoms with Crippen molar-refractivity contribution in [2.24, 2.45) is 11.3 Å². The number of hydrogen-bond donors (Lipinski definition) is 0. The predicted molar refractivity (Wildman–Crippen MR) is 73.0 cm³/mol. The molecule has 0 spiro atoms. The van der Waals surface area contributed by atoms with Gasteiger partial charge in [-0.2, -0.15) is 0 Å². The van der Waals surface area contributed by atoms with Crippen LogP contribution in [0.4, 0.5) is 0 Å². The van der Waals surface area contributed by atoms with Gasteiger partial charge < -0.3 is 0 Å². The van der Waals surface area contributed by atoms with Gasteiger partial charge in [0.25, 0.3) is 0 Å². The molecule has 0 saturated heterocycles. The number of Topliss-reactive ketones (excluding diaryl/α,β-unsaturated/α-hetero) is 1. The normalized spacial score (nSPS) is 13.1. The van der Waals surface area contributed by atoms with Crippen molar-refractivity contribution in [3.05, 3.63) is 35.9 Å². The molecule has 0 heterocycles. The highest BCUT2D eigenvalue weighted by Gasteiger charge is 2.20. The summed E-state index contributed by atoms with van der Waals surface area (Å²) >= 11 is 0. The minimum Gasteiger partial charge on any atom is -0.300 e. The number of rotatable bonds is 6. The van der Waals surface area contributed by atoms with Crippen LogP contribution in [0, 0.1) is 11.3 Å². The van der Waals surface area contributed by atoms with Gasteiger partial charge in [-0.25, -0.2) is 0 Å². The highest BCUT2D eigenvalue weighted by molar-refractivity contribution is 5.81. The molecule has 0 aromatic heterocycles. The van der Waals surface area contributed by atoms with E-state index >= 15 is 0 Å². The van der Waals surface area contributed by atoms with E-state index in [1.807, 2.05) is 57.4 Å². The van der Waals surface area contributed by atoms with Gasteiger partial charge in [0.05, 0.1) is 0 Å². The van der Waals surface area contributed by atoms with E-state index in [0.717, 1.165) is 5.56 Å². The number of benzene rings is 1. The average Bonchev–Trinajstić information content (AvgIpc) is 2.27. The molecule has 1 radical (unpaired) electrons. The third kappa shape index (κ3) is 5.76. The van der Waals surface area contributed by atoms with Gasteiger partial charge in [0.2, 0.25) is 6.29 Å². The van der Waals surface area contributed by atoms with Crippen LogP contribution in [-0.4, -0.2) is 12.1 Å². The van der Waals surface area contributed by atoms with E-state index < -0.39 is 0 Å². The highest BCUT2D eigenvalue weighted by atomic mass is 16.1. The second kappa shape index (κ2) is 6.48. The van der Waals surface area contributed by atoms with Crippen molar-refractivity contribution in [3.8, 4) is 0 Å². The third-order valence-electron chi connectivity index (χ3n) is 2.69. The lowest BCUT2D eigenvalue weighted by atomic mass is 9.86. The lowest BCUT2D eigenvalue weighted by molar-refractivity contribution is -0.121. The SMILES string of the molecule is CC(C)(C)CC(=O)CC([C]=O)Cc1ccccc1. The number of carbonyl (C=O) groups excluding carboxylic acids is 2. The fraction of sp³-hybridized carbons (Fsp3) is 0.500. The van der Waals surface area contributed by atoms with Crippen molar-refractivity contribution >= 4 is 12.1 Å². The van der Waals surface area contributed by atoms with Crippen molar-refractivity contribution in [2.45, 2.75) is 40.0 Å². The maximum absolute atomic E-state index is 11.8. The van der Waals surface area contributed by atoms with Crippen LogP contribution in [0.1, 0.15) is 39.2 Å². The molecule has 0 saturated carbocycles. The van der Waals surface area contributed by atoms with Gasteiger partial charge in [-0.3, -0.25) is 9.59 Å². The smallest absolute Gasteiger partial charge is 0.202 e. The van der Waals surface area contributed by atoms with Crippen molar-refractivity contribution in [2.75, 3.05) is 0 Å². The van der Waals surface area contributed by atoms with Crippen molar-refractivity contribution in [1.29, 1.82) is 0 Å². The maximum atomic E-state index is 11.8. The van der Waals surface area contributed by atoms with E-state index in [0.29, 0.717) is 19.3 Å². The van der Waals surface area contributed by atoms with E-state index in [1.165, 1.54) is 0 Å². The zero-order chi connectivity index (χ0) is 13.6. The Morgan fingerprint density at radius 2 is 1.83 bits per heavy atom. The van der Waals surface area contributed by atoms with Crippen LogP contribution in [0.25, 0.3) is 0 Å². The van der Waals surface area contributed by atoms with Gasteiger partial charge in [-0.1, -0.05) is 51.1 Å². The Kier molecular flexibility index (Phi) is 5.26. The first-order chi connectivity index (χ1) is 8.40. The molecule has 1 unspecified atom stereocenters. The molecular formula is C16H21O2. The van der Waals surface area contributed by atoms with Crippen LogP contribution < -0.4 is 0 Å². The Bertz CT molecular complexity index is 387. The summed E-state index contributed by atoms with van der Waals surface area (Å²) in [6, 6.07) is 9.76. The van der Waals surface area contributed by atoms with E-state index in [4.69, 9.17) is 0 Å². The Labute approximate surface area is 109 Å². The molecule has 97 valence electrons. The highest BCUT2D eigenvalue weighted by Crippen LogP contribution is 2.21. The van der Waals surface area contributed by atoms with E-state index in [-0.39, 0.29) is 17.1 Å². The molecule has 0 aliphatic rings. The molecule has 0 fully saturated rings. The van der Waals surface area contributed by atoms with Gasteiger partial charge in [0.15, 0.2) is 0 Å². The molecule has 0 aliphatic heterocycles. The Hall–Kier alpha value is -1.44. The molecule has 1 aromatic rings. The van der Waals surface area contributed by atoms with Crippen LogP contribution in [0.3, 0.4) is 0 Å². The van der Waals surface area contributed by atoms with Crippen LogP contribution in [0.15, 0.2) is 30.3 Å². The van der Waals surface area contributed by atoms with Gasteiger partial charge in [0.1, 0.15) is 5.78 Å². The average molecular weight is 245 g/mol. The topological polar surface area (TPSA) is 34.1 Å². The van der Waals surface area contributed by atoms with E-state index in [1.54, 1.807) is 0 Å². The first kappa shape index (κ1) is 14.6. The molecule has 0 N–H and O–H groups in total. The number of ketones is 1. The van der Waals surface area contributed by atoms with Crippen molar-refractivity contribution in [3.63, 3.8) is 0 Å². The molecule has 0 amide bonds. The Morgan fingerprint density at radius 1 is 1.22 bits per heavy atom. The van der Waals surface area contributed by atoms with E-state index in [9.17, 15) is 9.59 Å². The second-order valence-corrected chi connectivity index (χ2v) is 5.98. The third-order valence-corrected chi connectivity index (χ3v) is 2.69. The molecule has 18 heavy (non-hydrogen) atoms. The fourth-order valence-corrected chi connectivity index (χ4v) is 1.99. The molecular weight excluding hydrogens is 224 g/mol. The van der Waals surface area contributed by atoms with Gasteiger partial charge in [-0.05, 0) is 17.4 Å². The minimum atomic E-state index is -0.317. The zero-order valence-electron chi connectivity index (χ0n) is 11.4. The minimum absolute atomic E-state index is 0.0166. The first-order valence-corrected chi connectivity index (χ1v) is 6.34. The molecule has 0 aliphatic carbocycles. The summed E-state index contributed by atoms with van der Waals surface area (Å²) in [6.45, 7) is 6.09. The van der Waals surface area contributed by atoms with Crippen LogP contribution >= 0.6 is 0 Å². The van der Waals surface area contributed by atoms with Crippen LogP contribution in [0.5, 0.6) is 0 Å². The Morgan fingerprint density at radius 3 is 2.33 bits per heavy atom. The van der Waals surface area contributed by atoms with Crippen LogP contribution in [-0.2, 0) is 16.0 Å². The maximum Gasteiger partial charge on any atom is 0.202 e. The number of hydrogen-bond acceptors (Lipinski definition) is 2. The molecule has 1 atom stereocenters. The lowest BCUT2D eigenvalue weighted by Gasteiger charge is -2.18. The summed E-state index contributed by atoms with van der Waals surface area (Å²) in [5.74, 6) is -0.172. The van der Waals surface area contributed by atoms with Crippen molar-refractivity contribution in [1.82, 2.24) is 0 Å². The molecule has 1 rings (SSSR count). The predicted octanol–water partition coefficient (Wildman–Crippen LogP) is 3.35. The zero-order valence-corrected chi connectivity index (χ0v) is 11.4. The molecule has 2 heteroatoms. The summed E-state index contributed by atoms with van der Waals surface area (Å²) in [4.78, 5) is 22.8. The van der Waals surface area contributed by atoms with E-state index in [2.05, 4.69) is 0 Å². The molecule has 0 bridgehead atoms. The summed E-state index contributed by atoms with van der Waals surface area (Å²) in [5, 5.41) is 0. The standard InChI is InChI=1S/C16H21O2/c1-16(2,3)11-15(18)10-14(12-17)9-13-7-5-4-6-8-13/h4-8,14H,9-11H2,1-3H3. The monoisotopic (exact) mass is 245 g/mol. The summed E-state index contributed by atoms with van der Waals surface area (Å²) in [5.41, 5.74) is 1.06. The fourth-order valence-electron chi connectivity index (χ4n) is 1.99. The van der Waals surface area contributed by atoms with Gasteiger partial charge in [0, 0.05) is 18.8 Å². The quantitative estimate of drug-likeness (QED) is 0.770. The summed E-state index contributed by atoms with van der Waals surface area (Å²) in [6.07, 6.45) is 3.41. The van der Waals surface area contributed by atoms with Gasteiger partial charge >= 0.3 is 0 Å². The summed E-state index contributed by atoms with van der Waals surface area (Å²) in [7, 11) is 0. The van der Waals surface area contributed by atoms with Gasteiger partial charge in [-0.15, -0.1) is 0 Å². The number of carbonyl (C=O) groups is 1. The Balaban J connectivity index is 2.53. The summed E-state index contributed by atoms with van der Waals surface area (Å²) < 4.78 is 0. The lowest BCUT2D eigenvalue weighted by Crippen LogP contribution is -2.18. The van der Waals surface area contributed by atoms with Crippen molar-refractivity contribution < 1.29 is 9.59 Å². The largest absolute Gasteiger partial charge is 0.300 e. The first-order valence-electron chi connectivity index (χ1n) is 6.34. The second-order valence-electron chi connectivity index (χ2n) is 5.98. The molecule has 2 nitrogen and oxygen atoms in total. The van der Waals surface area contributed by atoms with Crippen LogP contribution in [0.2, 0.25) is 0 Å².